The van der Waals surface area contributed by atoms with Gasteiger partial charge in [0.05, 0.1) is 5.56 Å². The number of ether oxygens (including phenoxy) is 2. The molecular formula is C23H32O4. The van der Waals surface area contributed by atoms with Gasteiger partial charge in [0.15, 0.2) is 0 Å². The first-order chi connectivity index (χ1) is 13.1. The quantitative estimate of drug-likeness (QED) is 0.262. The van der Waals surface area contributed by atoms with E-state index in [-0.39, 0.29) is 5.78 Å². The zero-order valence-electron chi connectivity index (χ0n) is 17.0. The minimum Gasteiger partial charge on any atom is -0.460 e. The van der Waals surface area contributed by atoms with E-state index in [4.69, 9.17) is 13.9 Å². The molecule has 0 bridgehead atoms. The molecule has 1 aromatic carbocycles. The number of unbranched alkanes of at least 4 members (excludes halogenated alkanes) is 3. The highest BCUT2D eigenvalue weighted by atomic mass is 16.7. The third-order valence-corrected chi connectivity index (χ3v) is 4.64. The Hall–Kier alpha value is -1.91. The van der Waals surface area contributed by atoms with Crippen molar-refractivity contribution in [2.24, 2.45) is 0 Å². The highest BCUT2D eigenvalue weighted by molar-refractivity contribution is 6.04. The molecule has 0 aliphatic heterocycles. The molecule has 2 rings (SSSR count). The molecule has 0 N–H and O–H groups in total. The number of aryl methyl sites for hydroxylation is 1. The van der Waals surface area contributed by atoms with Gasteiger partial charge in [-0.25, -0.2) is 0 Å². The maximum atomic E-state index is 13.2. The Morgan fingerprint density at radius 1 is 1.00 bits per heavy atom. The summed E-state index contributed by atoms with van der Waals surface area (Å²) in [5.74, 6) is 1.34. The van der Waals surface area contributed by atoms with Crippen molar-refractivity contribution < 1.29 is 18.7 Å². The van der Waals surface area contributed by atoms with E-state index in [2.05, 4.69) is 6.92 Å². The predicted octanol–water partition coefficient (Wildman–Crippen LogP) is 5.96. The molecule has 0 fully saturated rings. The van der Waals surface area contributed by atoms with Gasteiger partial charge in [0.2, 0.25) is 12.1 Å². The maximum Gasteiger partial charge on any atom is 0.222 e. The molecule has 0 amide bonds. The molecule has 0 aliphatic rings. The number of hydrogen-bond acceptors (Lipinski definition) is 4. The largest absolute Gasteiger partial charge is 0.460 e. The molecule has 4 heteroatoms. The molecule has 0 aliphatic carbocycles. The van der Waals surface area contributed by atoms with E-state index in [1.54, 1.807) is 0 Å². The number of benzene rings is 1. The van der Waals surface area contributed by atoms with Crippen LogP contribution in [0.5, 0.6) is 0 Å². The Morgan fingerprint density at radius 2 is 1.67 bits per heavy atom. The predicted molar refractivity (Wildman–Crippen MR) is 108 cm³/mol. The molecule has 0 saturated carbocycles. The van der Waals surface area contributed by atoms with Crippen LogP contribution in [0.4, 0.5) is 0 Å². The third-order valence-electron chi connectivity index (χ3n) is 4.64. The first-order valence-corrected chi connectivity index (χ1v) is 10.1. The molecule has 1 heterocycles. The van der Waals surface area contributed by atoms with Gasteiger partial charge in [-0.1, -0.05) is 56.5 Å². The lowest BCUT2D eigenvalue weighted by Crippen LogP contribution is -2.28. The molecule has 148 valence electrons. The van der Waals surface area contributed by atoms with Crippen LogP contribution >= 0.6 is 0 Å². The monoisotopic (exact) mass is 372 g/mol. The average Bonchev–Trinajstić information content (AvgIpc) is 3.01. The van der Waals surface area contributed by atoms with Gasteiger partial charge < -0.3 is 13.9 Å². The molecule has 27 heavy (non-hydrogen) atoms. The summed E-state index contributed by atoms with van der Waals surface area (Å²) in [6, 6.07) is 9.78. The van der Waals surface area contributed by atoms with Crippen LogP contribution in [0.3, 0.4) is 0 Å². The molecular weight excluding hydrogens is 340 g/mol. The Labute approximate surface area is 162 Å². The maximum absolute atomic E-state index is 13.2. The zero-order chi connectivity index (χ0) is 19.6. The van der Waals surface area contributed by atoms with Crippen LogP contribution in [0.1, 0.15) is 68.1 Å². The Morgan fingerprint density at radius 3 is 2.26 bits per heavy atom. The van der Waals surface area contributed by atoms with Crippen molar-refractivity contribution in [1.82, 2.24) is 0 Å². The highest BCUT2D eigenvalue weighted by Crippen LogP contribution is 2.33. The van der Waals surface area contributed by atoms with E-state index in [9.17, 15) is 4.79 Å². The van der Waals surface area contributed by atoms with Gasteiger partial charge in [-0.2, -0.15) is 0 Å². The van der Waals surface area contributed by atoms with E-state index in [1.807, 2.05) is 51.1 Å². The van der Waals surface area contributed by atoms with Crippen molar-refractivity contribution in [3.05, 3.63) is 47.2 Å². The summed E-state index contributed by atoms with van der Waals surface area (Å²) in [6.07, 6.45) is 4.58. The van der Waals surface area contributed by atoms with Crippen LogP contribution in [0.15, 0.2) is 34.7 Å². The van der Waals surface area contributed by atoms with Gasteiger partial charge in [0.25, 0.3) is 0 Å². The van der Waals surface area contributed by atoms with Crippen molar-refractivity contribution in [3.63, 3.8) is 0 Å². The van der Waals surface area contributed by atoms with Crippen molar-refractivity contribution in [2.75, 3.05) is 13.2 Å². The number of carbonyl (C=O) groups is 1. The number of hydrogen-bond donors (Lipinski definition) is 0. The van der Waals surface area contributed by atoms with Crippen LogP contribution in [-0.4, -0.2) is 25.3 Å². The van der Waals surface area contributed by atoms with E-state index in [0.717, 1.165) is 29.7 Å². The first-order valence-electron chi connectivity index (χ1n) is 10.1. The summed E-state index contributed by atoms with van der Waals surface area (Å²) in [4.78, 5) is 13.2. The number of ketones is 1. The van der Waals surface area contributed by atoms with Crippen molar-refractivity contribution in [1.29, 1.82) is 0 Å². The smallest absolute Gasteiger partial charge is 0.222 e. The van der Waals surface area contributed by atoms with Crippen molar-refractivity contribution in [3.8, 4) is 11.3 Å². The SMILES string of the molecule is CCCCCCc1oc(-c2ccccc2)c(C(=O)C(OCC)OCC)c1C. The van der Waals surface area contributed by atoms with Gasteiger partial charge in [-0.15, -0.1) is 0 Å². The molecule has 0 spiro atoms. The lowest BCUT2D eigenvalue weighted by Gasteiger charge is -2.16. The molecule has 0 atom stereocenters. The van der Waals surface area contributed by atoms with Gasteiger partial charge in [0.1, 0.15) is 11.5 Å². The van der Waals surface area contributed by atoms with E-state index < -0.39 is 6.29 Å². The van der Waals surface area contributed by atoms with Gasteiger partial charge >= 0.3 is 0 Å². The molecule has 2 aromatic rings. The zero-order valence-corrected chi connectivity index (χ0v) is 17.0. The fraction of sp³-hybridized carbons (Fsp3) is 0.522. The molecule has 1 aromatic heterocycles. The topological polar surface area (TPSA) is 48.7 Å². The third kappa shape index (κ3) is 5.53. The van der Waals surface area contributed by atoms with Crippen LogP contribution in [0.25, 0.3) is 11.3 Å². The van der Waals surface area contributed by atoms with Crippen molar-refractivity contribution >= 4 is 5.78 Å². The standard InChI is InChI=1S/C23H32O4/c1-5-8-9-13-16-19-17(4)20(21(24)23(25-6-2)26-7-3)22(27-19)18-14-11-10-12-15-18/h10-12,14-15,23H,5-9,13,16H2,1-4H3. The second-order valence-corrected chi connectivity index (χ2v) is 6.64. The summed E-state index contributed by atoms with van der Waals surface area (Å²) in [7, 11) is 0. The second-order valence-electron chi connectivity index (χ2n) is 6.64. The highest BCUT2D eigenvalue weighted by Gasteiger charge is 2.30. The second kappa shape index (κ2) is 11.1. The fourth-order valence-corrected chi connectivity index (χ4v) is 3.22. The molecule has 0 saturated heterocycles. The molecule has 4 nitrogen and oxygen atoms in total. The summed E-state index contributed by atoms with van der Waals surface area (Å²) in [5.41, 5.74) is 2.38. The Kier molecular flexibility index (Phi) is 8.76. The minimum atomic E-state index is -0.897. The first kappa shape index (κ1) is 21.4. The van der Waals surface area contributed by atoms with E-state index in [1.165, 1.54) is 19.3 Å². The molecule has 0 unspecified atom stereocenters. The fourth-order valence-electron chi connectivity index (χ4n) is 3.22. The van der Waals surface area contributed by atoms with Crippen molar-refractivity contribution in [2.45, 2.75) is 66.1 Å². The number of carbonyl (C=O) groups excluding carboxylic acids is 1. The average molecular weight is 373 g/mol. The normalized spacial score (nSPS) is 11.3. The summed E-state index contributed by atoms with van der Waals surface area (Å²) >= 11 is 0. The number of Topliss-reactive ketones (excluding diaryl/α,β-unsaturated/α-hetero) is 1. The lowest BCUT2D eigenvalue weighted by atomic mass is 9.99. The van der Waals surface area contributed by atoms with Crippen LogP contribution < -0.4 is 0 Å². The summed E-state index contributed by atoms with van der Waals surface area (Å²) in [5, 5.41) is 0. The van der Waals surface area contributed by atoms with E-state index in [0.29, 0.717) is 24.5 Å². The van der Waals surface area contributed by atoms with E-state index >= 15 is 0 Å². The minimum absolute atomic E-state index is 0.168. The lowest BCUT2D eigenvalue weighted by molar-refractivity contribution is -0.107. The summed E-state index contributed by atoms with van der Waals surface area (Å²) in [6.45, 7) is 8.71. The number of furan rings is 1. The van der Waals surface area contributed by atoms with Crippen LogP contribution in [0, 0.1) is 6.92 Å². The van der Waals surface area contributed by atoms with Crippen LogP contribution in [0.2, 0.25) is 0 Å². The van der Waals surface area contributed by atoms with Gasteiger partial charge in [-0.3, -0.25) is 4.79 Å². The number of rotatable bonds is 12. The Bertz CT molecular complexity index is 697. The van der Waals surface area contributed by atoms with Gasteiger partial charge in [-0.05, 0) is 27.2 Å². The Balaban J connectivity index is 2.40. The molecule has 0 radical (unpaired) electrons. The van der Waals surface area contributed by atoms with Crippen LogP contribution in [-0.2, 0) is 15.9 Å². The summed E-state index contributed by atoms with van der Waals surface area (Å²) < 4.78 is 17.3. The van der Waals surface area contributed by atoms with Gasteiger partial charge in [0, 0.05) is 30.8 Å².